The highest BCUT2D eigenvalue weighted by molar-refractivity contribution is 7.87. The van der Waals surface area contributed by atoms with Gasteiger partial charge in [0.2, 0.25) is 5.76 Å². The summed E-state index contributed by atoms with van der Waals surface area (Å²) in [7, 11) is -3.70. The topological polar surface area (TPSA) is 128 Å². The SMILES string of the molecule is CC1(CO/C(C(=O)Nc2cccc(Cl)c2)=C(/C=N)N2CCN(S(=O)(=O)NCc3ccncc3)CC2)CC1. The standard InChI is InChI=1S/C25H31ClN6O4S/c1-25(7-8-25)18-36-23(24(33)30-21-4-2-3-20(26)15-21)22(16-27)31-11-13-32(14-12-31)37(34,35)29-17-19-5-9-28-10-6-19/h2-6,9-10,15-16,27,29H,7-8,11-14,17-18H2,1H3,(H,30,33)/b23-22-,27-16?. The van der Waals surface area contributed by atoms with E-state index in [9.17, 15) is 13.2 Å². The lowest BCUT2D eigenvalue weighted by atomic mass is 10.2. The Kier molecular flexibility index (Phi) is 8.48. The average Bonchev–Trinajstić information content (AvgIpc) is 3.63. The van der Waals surface area contributed by atoms with Gasteiger partial charge in [0.05, 0.1) is 6.61 Å². The molecule has 1 aromatic carbocycles. The van der Waals surface area contributed by atoms with Crippen molar-refractivity contribution >= 4 is 39.6 Å². The number of aromatic nitrogens is 1. The predicted molar refractivity (Wildman–Crippen MR) is 142 cm³/mol. The van der Waals surface area contributed by atoms with Gasteiger partial charge in [-0.25, -0.2) is 0 Å². The minimum absolute atomic E-state index is 0.0159. The molecule has 1 aliphatic carbocycles. The zero-order chi connectivity index (χ0) is 26.5. The summed E-state index contributed by atoms with van der Waals surface area (Å²) in [5.41, 5.74) is 1.65. The van der Waals surface area contributed by atoms with Gasteiger partial charge in [0.1, 0.15) is 5.70 Å². The van der Waals surface area contributed by atoms with Crippen LogP contribution in [-0.2, 0) is 26.3 Å². The second kappa shape index (κ2) is 11.6. The van der Waals surface area contributed by atoms with Crippen LogP contribution in [-0.4, -0.2) is 67.5 Å². The van der Waals surface area contributed by atoms with Crippen molar-refractivity contribution in [1.29, 1.82) is 5.41 Å². The lowest BCUT2D eigenvalue weighted by molar-refractivity contribution is -0.116. The smallest absolute Gasteiger partial charge is 0.293 e. The minimum atomic E-state index is -3.70. The number of carbonyl (C=O) groups excluding carboxylic acids is 1. The van der Waals surface area contributed by atoms with E-state index in [0.29, 0.717) is 36.1 Å². The minimum Gasteiger partial charge on any atom is -0.486 e. The van der Waals surface area contributed by atoms with Crippen molar-refractivity contribution in [1.82, 2.24) is 18.9 Å². The van der Waals surface area contributed by atoms with E-state index in [-0.39, 0.29) is 30.8 Å². The van der Waals surface area contributed by atoms with Crippen molar-refractivity contribution < 1.29 is 17.9 Å². The molecule has 0 unspecified atom stereocenters. The molecule has 2 aromatic rings. The van der Waals surface area contributed by atoms with Gasteiger partial charge in [-0.2, -0.15) is 17.4 Å². The number of benzene rings is 1. The number of anilines is 1. The van der Waals surface area contributed by atoms with Gasteiger partial charge in [-0.1, -0.05) is 24.6 Å². The molecule has 0 radical (unpaired) electrons. The molecule has 198 valence electrons. The van der Waals surface area contributed by atoms with E-state index in [1.807, 2.05) is 4.90 Å². The molecule has 12 heteroatoms. The quantitative estimate of drug-likeness (QED) is 0.226. The summed E-state index contributed by atoms with van der Waals surface area (Å²) < 4.78 is 35.6. The summed E-state index contributed by atoms with van der Waals surface area (Å²) in [4.78, 5) is 19.0. The Hall–Kier alpha value is -2.99. The number of hydrogen-bond acceptors (Lipinski definition) is 7. The number of halogens is 1. The number of carbonyl (C=O) groups is 1. The molecule has 4 rings (SSSR count). The van der Waals surface area contributed by atoms with E-state index in [0.717, 1.165) is 24.6 Å². The molecule has 1 saturated carbocycles. The molecule has 10 nitrogen and oxygen atoms in total. The second-order valence-corrected chi connectivity index (χ2v) is 11.7. The molecule has 1 aliphatic heterocycles. The van der Waals surface area contributed by atoms with Gasteiger partial charge in [-0.15, -0.1) is 0 Å². The summed E-state index contributed by atoms with van der Waals surface area (Å²) >= 11 is 6.06. The first kappa shape index (κ1) is 27.1. The first-order valence-corrected chi connectivity index (χ1v) is 13.8. The highest BCUT2D eigenvalue weighted by Gasteiger charge is 2.39. The second-order valence-electron chi connectivity index (χ2n) is 9.49. The molecule has 1 saturated heterocycles. The molecule has 2 fully saturated rings. The van der Waals surface area contributed by atoms with Crippen molar-refractivity contribution in [3.63, 3.8) is 0 Å². The maximum Gasteiger partial charge on any atom is 0.293 e. The first-order valence-electron chi connectivity index (χ1n) is 12.0. The molecular formula is C25H31ClN6O4S. The number of pyridine rings is 1. The molecule has 0 spiro atoms. The molecule has 3 N–H and O–H groups in total. The Balaban J connectivity index is 1.46. The number of ether oxygens (including phenoxy) is 1. The fourth-order valence-corrected chi connectivity index (χ4v) is 5.22. The third-order valence-electron chi connectivity index (χ3n) is 6.45. The fraction of sp³-hybridized carbons (Fsp3) is 0.400. The van der Waals surface area contributed by atoms with Crippen LogP contribution in [0.25, 0.3) is 0 Å². The Morgan fingerprint density at radius 3 is 2.51 bits per heavy atom. The molecule has 1 amide bonds. The van der Waals surface area contributed by atoms with Crippen LogP contribution in [0.3, 0.4) is 0 Å². The van der Waals surface area contributed by atoms with E-state index < -0.39 is 16.1 Å². The van der Waals surface area contributed by atoms with E-state index in [4.69, 9.17) is 21.7 Å². The van der Waals surface area contributed by atoms with E-state index in [2.05, 4.69) is 21.9 Å². The first-order chi connectivity index (χ1) is 17.7. The maximum atomic E-state index is 13.3. The molecule has 2 aliphatic rings. The van der Waals surface area contributed by atoms with Crippen molar-refractivity contribution in [3.05, 3.63) is 70.8 Å². The normalized spacial score (nSPS) is 18.1. The summed E-state index contributed by atoms with van der Waals surface area (Å²) in [5.74, 6) is -0.450. The van der Waals surface area contributed by atoms with Gasteiger partial charge in [-0.3, -0.25) is 9.78 Å². The number of piperazine rings is 1. The van der Waals surface area contributed by atoms with Gasteiger partial charge in [0.25, 0.3) is 16.1 Å². The monoisotopic (exact) mass is 546 g/mol. The van der Waals surface area contributed by atoms with Crippen LogP contribution in [0.5, 0.6) is 0 Å². The Labute approximate surface area is 222 Å². The number of allylic oxidation sites excluding steroid dienone is 1. The Bertz CT molecular complexity index is 1260. The predicted octanol–water partition coefficient (Wildman–Crippen LogP) is 3.00. The van der Waals surface area contributed by atoms with Crippen LogP contribution >= 0.6 is 11.6 Å². The lowest BCUT2D eigenvalue weighted by Crippen LogP contribution is -2.52. The van der Waals surface area contributed by atoms with Crippen molar-refractivity contribution in [2.45, 2.75) is 26.3 Å². The average molecular weight is 547 g/mol. The highest BCUT2D eigenvalue weighted by atomic mass is 35.5. The van der Waals surface area contributed by atoms with Crippen LogP contribution in [0, 0.1) is 10.8 Å². The molecule has 0 atom stereocenters. The summed E-state index contributed by atoms with van der Waals surface area (Å²) in [6.07, 6.45) is 6.34. The van der Waals surface area contributed by atoms with Gasteiger partial charge in [0.15, 0.2) is 0 Å². The van der Waals surface area contributed by atoms with Crippen LogP contribution in [0.1, 0.15) is 25.3 Å². The van der Waals surface area contributed by atoms with Gasteiger partial charge in [-0.05, 0) is 48.7 Å². The summed E-state index contributed by atoms with van der Waals surface area (Å²) in [5, 5.41) is 11.3. The van der Waals surface area contributed by atoms with Gasteiger partial charge >= 0.3 is 0 Å². The molecule has 2 heterocycles. The summed E-state index contributed by atoms with van der Waals surface area (Å²) in [6.45, 7) is 3.61. The largest absolute Gasteiger partial charge is 0.486 e. The highest BCUT2D eigenvalue weighted by Crippen LogP contribution is 2.45. The van der Waals surface area contributed by atoms with E-state index in [1.54, 1.807) is 48.8 Å². The van der Waals surface area contributed by atoms with Crippen LogP contribution in [0.15, 0.2) is 60.2 Å². The number of nitrogens with one attached hydrogen (secondary N) is 3. The van der Waals surface area contributed by atoms with Gasteiger partial charge < -0.3 is 20.4 Å². The zero-order valence-electron chi connectivity index (χ0n) is 20.6. The third kappa shape index (κ3) is 7.29. The number of hydrogen-bond donors (Lipinski definition) is 3. The third-order valence-corrected chi connectivity index (χ3v) is 8.24. The van der Waals surface area contributed by atoms with Crippen molar-refractivity contribution in [2.24, 2.45) is 5.41 Å². The maximum absolute atomic E-state index is 13.3. The number of amides is 1. The molecular weight excluding hydrogens is 516 g/mol. The van der Waals surface area contributed by atoms with E-state index >= 15 is 0 Å². The summed E-state index contributed by atoms with van der Waals surface area (Å²) in [6, 6.07) is 10.3. The number of rotatable bonds is 11. The van der Waals surface area contributed by atoms with Crippen molar-refractivity contribution in [2.75, 3.05) is 38.1 Å². The van der Waals surface area contributed by atoms with Gasteiger partial charge in [0, 0.05) is 67.5 Å². The Morgan fingerprint density at radius 2 is 1.89 bits per heavy atom. The molecule has 0 bridgehead atoms. The fourth-order valence-electron chi connectivity index (χ4n) is 3.85. The van der Waals surface area contributed by atoms with Crippen LogP contribution in [0.2, 0.25) is 5.02 Å². The van der Waals surface area contributed by atoms with Crippen LogP contribution in [0.4, 0.5) is 5.69 Å². The Morgan fingerprint density at radius 1 is 1.19 bits per heavy atom. The van der Waals surface area contributed by atoms with Crippen LogP contribution < -0.4 is 10.0 Å². The lowest BCUT2D eigenvalue weighted by Gasteiger charge is -2.36. The molecule has 37 heavy (non-hydrogen) atoms. The molecule has 1 aromatic heterocycles. The van der Waals surface area contributed by atoms with Crippen molar-refractivity contribution in [3.8, 4) is 0 Å². The number of nitrogens with zero attached hydrogens (tertiary/aromatic N) is 3. The zero-order valence-corrected chi connectivity index (χ0v) is 22.2. The van der Waals surface area contributed by atoms with E-state index in [1.165, 1.54) is 4.31 Å².